The molecule has 0 saturated carbocycles. The molecule has 1 aromatic heterocycles. The standard InChI is InChI=1S/C15H21N3O3/c1-16-13(10-8-17-18(2)9-10)11-6-7-12(19-3)15(21-5)14(11)20-4/h6-9,13,16H,1-5H3. The van der Waals surface area contributed by atoms with Crippen LogP contribution < -0.4 is 19.5 Å². The molecule has 0 aliphatic heterocycles. The number of benzene rings is 1. The fourth-order valence-corrected chi connectivity index (χ4v) is 2.44. The first-order chi connectivity index (χ1) is 10.2. The van der Waals surface area contributed by atoms with Crippen LogP contribution in [-0.4, -0.2) is 38.2 Å². The third kappa shape index (κ3) is 2.80. The molecule has 0 saturated heterocycles. The van der Waals surface area contributed by atoms with Gasteiger partial charge in [0, 0.05) is 24.4 Å². The lowest BCUT2D eigenvalue weighted by Crippen LogP contribution is -2.18. The van der Waals surface area contributed by atoms with Crippen molar-refractivity contribution in [1.82, 2.24) is 15.1 Å². The van der Waals surface area contributed by atoms with E-state index in [0.29, 0.717) is 17.2 Å². The number of ether oxygens (including phenoxy) is 3. The predicted octanol–water partition coefficient (Wildman–Crippen LogP) is 1.75. The number of rotatable bonds is 6. The van der Waals surface area contributed by atoms with Crippen molar-refractivity contribution >= 4 is 0 Å². The molecule has 0 aliphatic rings. The lowest BCUT2D eigenvalue weighted by atomic mass is 10.00. The van der Waals surface area contributed by atoms with Gasteiger partial charge < -0.3 is 19.5 Å². The summed E-state index contributed by atoms with van der Waals surface area (Å²) in [5, 5.41) is 7.50. The molecule has 0 fully saturated rings. The Bertz CT molecular complexity index is 610. The van der Waals surface area contributed by atoms with Crippen molar-refractivity contribution in [2.24, 2.45) is 7.05 Å². The Kier molecular flexibility index (Phi) is 4.70. The van der Waals surface area contributed by atoms with E-state index in [9.17, 15) is 0 Å². The van der Waals surface area contributed by atoms with Gasteiger partial charge in [-0.15, -0.1) is 0 Å². The number of nitrogens with zero attached hydrogens (tertiary/aromatic N) is 2. The van der Waals surface area contributed by atoms with Gasteiger partial charge in [0.1, 0.15) is 0 Å². The Morgan fingerprint density at radius 3 is 2.29 bits per heavy atom. The minimum atomic E-state index is -0.0477. The summed E-state index contributed by atoms with van der Waals surface area (Å²) in [6, 6.07) is 3.79. The maximum Gasteiger partial charge on any atom is 0.203 e. The van der Waals surface area contributed by atoms with Crippen LogP contribution in [0.1, 0.15) is 17.2 Å². The molecule has 1 N–H and O–H groups in total. The molecule has 2 aromatic rings. The zero-order valence-corrected chi connectivity index (χ0v) is 13.0. The van der Waals surface area contributed by atoms with E-state index in [0.717, 1.165) is 11.1 Å². The first-order valence-corrected chi connectivity index (χ1v) is 6.60. The number of hydrogen-bond donors (Lipinski definition) is 1. The first kappa shape index (κ1) is 15.2. The Hall–Kier alpha value is -2.21. The topological polar surface area (TPSA) is 57.5 Å². The normalized spacial score (nSPS) is 12.0. The highest BCUT2D eigenvalue weighted by molar-refractivity contribution is 5.57. The van der Waals surface area contributed by atoms with Crippen LogP contribution in [0.15, 0.2) is 24.5 Å². The van der Waals surface area contributed by atoms with Crippen LogP contribution in [0.5, 0.6) is 17.2 Å². The Morgan fingerprint density at radius 1 is 1.10 bits per heavy atom. The highest BCUT2D eigenvalue weighted by Gasteiger charge is 2.23. The molecule has 0 amide bonds. The average Bonchev–Trinajstić information content (AvgIpc) is 2.93. The maximum atomic E-state index is 5.55. The second-order valence-electron chi connectivity index (χ2n) is 4.59. The molecule has 1 aromatic carbocycles. The van der Waals surface area contributed by atoms with Crippen LogP contribution in [0.25, 0.3) is 0 Å². The number of aryl methyl sites for hydroxylation is 1. The van der Waals surface area contributed by atoms with E-state index >= 15 is 0 Å². The van der Waals surface area contributed by atoms with Crippen LogP contribution in [0.2, 0.25) is 0 Å². The van der Waals surface area contributed by atoms with Crippen molar-refractivity contribution in [2.75, 3.05) is 28.4 Å². The minimum Gasteiger partial charge on any atom is -0.493 e. The Labute approximate surface area is 124 Å². The van der Waals surface area contributed by atoms with Gasteiger partial charge in [0.05, 0.1) is 33.6 Å². The van der Waals surface area contributed by atoms with Crippen LogP contribution in [0.4, 0.5) is 0 Å². The molecule has 6 nitrogen and oxygen atoms in total. The monoisotopic (exact) mass is 291 g/mol. The molecule has 1 unspecified atom stereocenters. The summed E-state index contributed by atoms with van der Waals surface area (Å²) in [6.45, 7) is 0. The molecular weight excluding hydrogens is 270 g/mol. The molecule has 0 bridgehead atoms. The van der Waals surface area contributed by atoms with E-state index < -0.39 is 0 Å². The summed E-state index contributed by atoms with van der Waals surface area (Å²) < 4.78 is 18.1. The Morgan fingerprint density at radius 2 is 1.81 bits per heavy atom. The second-order valence-corrected chi connectivity index (χ2v) is 4.59. The number of nitrogens with one attached hydrogen (secondary N) is 1. The number of methoxy groups -OCH3 is 3. The summed E-state index contributed by atoms with van der Waals surface area (Å²) >= 11 is 0. The van der Waals surface area contributed by atoms with Crippen LogP contribution in [-0.2, 0) is 7.05 Å². The van der Waals surface area contributed by atoms with E-state index in [1.54, 1.807) is 26.0 Å². The molecule has 21 heavy (non-hydrogen) atoms. The summed E-state index contributed by atoms with van der Waals surface area (Å²) in [5.74, 6) is 1.88. The van der Waals surface area contributed by atoms with Crippen molar-refractivity contribution in [3.05, 3.63) is 35.7 Å². The van der Waals surface area contributed by atoms with Crippen LogP contribution in [0, 0.1) is 0 Å². The van der Waals surface area contributed by atoms with E-state index in [1.807, 2.05) is 38.6 Å². The third-order valence-electron chi connectivity index (χ3n) is 3.39. The van der Waals surface area contributed by atoms with Crippen molar-refractivity contribution in [3.8, 4) is 17.2 Å². The summed E-state index contributed by atoms with van der Waals surface area (Å²) in [6.07, 6.45) is 3.80. The van der Waals surface area contributed by atoms with Gasteiger partial charge in [-0.05, 0) is 19.2 Å². The van der Waals surface area contributed by atoms with Crippen molar-refractivity contribution in [1.29, 1.82) is 0 Å². The predicted molar refractivity (Wildman–Crippen MR) is 80.2 cm³/mol. The molecule has 0 radical (unpaired) electrons. The van der Waals surface area contributed by atoms with Gasteiger partial charge in [-0.1, -0.05) is 0 Å². The minimum absolute atomic E-state index is 0.0477. The highest BCUT2D eigenvalue weighted by Crippen LogP contribution is 2.43. The highest BCUT2D eigenvalue weighted by atomic mass is 16.5. The van der Waals surface area contributed by atoms with Crippen molar-refractivity contribution < 1.29 is 14.2 Å². The molecule has 114 valence electrons. The van der Waals surface area contributed by atoms with Gasteiger partial charge in [-0.3, -0.25) is 4.68 Å². The zero-order valence-electron chi connectivity index (χ0n) is 13.0. The molecule has 0 aliphatic carbocycles. The number of hydrogen-bond acceptors (Lipinski definition) is 5. The van der Waals surface area contributed by atoms with Gasteiger partial charge in [-0.2, -0.15) is 5.10 Å². The quantitative estimate of drug-likeness (QED) is 0.879. The van der Waals surface area contributed by atoms with Gasteiger partial charge >= 0.3 is 0 Å². The van der Waals surface area contributed by atoms with Gasteiger partial charge in [0.15, 0.2) is 11.5 Å². The third-order valence-corrected chi connectivity index (χ3v) is 3.39. The molecule has 6 heteroatoms. The summed E-state index contributed by atoms with van der Waals surface area (Å²) in [5.41, 5.74) is 2.01. The first-order valence-electron chi connectivity index (χ1n) is 6.60. The summed E-state index contributed by atoms with van der Waals surface area (Å²) in [7, 11) is 8.61. The molecule has 2 rings (SSSR count). The fourth-order valence-electron chi connectivity index (χ4n) is 2.44. The van der Waals surface area contributed by atoms with Crippen molar-refractivity contribution in [2.45, 2.75) is 6.04 Å². The molecule has 1 heterocycles. The molecule has 0 spiro atoms. The lowest BCUT2D eigenvalue weighted by Gasteiger charge is -2.21. The largest absolute Gasteiger partial charge is 0.493 e. The van der Waals surface area contributed by atoms with Crippen LogP contribution >= 0.6 is 0 Å². The zero-order chi connectivity index (χ0) is 15.4. The lowest BCUT2D eigenvalue weighted by molar-refractivity contribution is 0.320. The van der Waals surface area contributed by atoms with Gasteiger partial charge in [0.25, 0.3) is 0 Å². The molecule has 1 atom stereocenters. The fraction of sp³-hybridized carbons (Fsp3) is 0.400. The summed E-state index contributed by atoms with van der Waals surface area (Å²) in [4.78, 5) is 0. The number of aromatic nitrogens is 2. The molecular formula is C15H21N3O3. The maximum absolute atomic E-state index is 5.55. The van der Waals surface area contributed by atoms with Gasteiger partial charge in [-0.25, -0.2) is 0 Å². The average molecular weight is 291 g/mol. The van der Waals surface area contributed by atoms with Gasteiger partial charge in [0.2, 0.25) is 5.75 Å². The van der Waals surface area contributed by atoms with Crippen LogP contribution in [0.3, 0.4) is 0 Å². The second kappa shape index (κ2) is 6.49. The van der Waals surface area contributed by atoms with E-state index in [2.05, 4.69) is 10.4 Å². The van der Waals surface area contributed by atoms with Crippen molar-refractivity contribution in [3.63, 3.8) is 0 Å². The van der Waals surface area contributed by atoms with E-state index in [1.165, 1.54) is 0 Å². The van der Waals surface area contributed by atoms with E-state index in [4.69, 9.17) is 14.2 Å². The smallest absolute Gasteiger partial charge is 0.203 e. The SMILES string of the molecule is CNC(c1cnn(C)c1)c1ccc(OC)c(OC)c1OC. The Balaban J connectivity index is 2.55. The van der Waals surface area contributed by atoms with E-state index in [-0.39, 0.29) is 6.04 Å².